The lowest BCUT2D eigenvalue weighted by Crippen LogP contribution is -2.50. The number of rotatable bonds is 10. The molecule has 1 aliphatic heterocycles. The molecular formula is C25H40IN5O2. The highest BCUT2D eigenvalue weighted by Crippen LogP contribution is 2.13. The van der Waals surface area contributed by atoms with Crippen molar-refractivity contribution in [1.29, 1.82) is 0 Å². The minimum Gasteiger partial charge on any atom is -0.468 e. The maximum absolute atomic E-state index is 5.95. The minimum absolute atomic E-state index is 0. The van der Waals surface area contributed by atoms with Crippen LogP contribution in [0.2, 0.25) is 0 Å². The van der Waals surface area contributed by atoms with Crippen molar-refractivity contribution in [1.82, 2.24) is 20.4 Å². The molecule has 2 aromatic rings. The van der Waals surface area contributed by atoms with Crippen molar-refractivity contribution in [3.63, 3.8) is 0 Å². The summed E-state index contributed by atoms with van der Waals surface area (Å²) in [6.45, 7) is 11.5. The summed E-state index contributed by atoms with van der Waals surface area (Å²) in [5.41, 5.74) is 2.56. The van der Waals surface area contributed by atoms with Crippen molar-refractivity contribution < 1.29 is 9.15 Å². The summed E-state index contributed by atoms with van der Waals surface area (Å²) < 4.78 is 11.4. The van der Waals surface area contributed by atoms with Crippen LogP contribution in [0.1, 0.15) is 30.7 Å². The van der Waals surface area contributed by atoms with E-state index < -0.39 is 0 Å². The van der Waals surface area contributed by atoms with Crippen LogP contribution < -0.4 is 10.6 Å². The van der Waals surface area contributed by atoms with Gasteiger partial charge >= 0.3 is 0 Å². The Hall–Kier alpha value is -1.62. The lowest BCUT2D eigenvalue weighted by atomic mass is 10.1. The molecular weight excluding hydrogens is 529 g/mol. The first-order valence-corrected chi connectivity index (χ1v) is 11.6. The Morgan fingerprint density at radius 1 is 1.15 bits per heavy atom. The van der Waals surface area contributed by atoms with E-state index in [1.807, 2.05) is 19.2 Å². The second-order valence-corrected chi connectivity index (χ2v) is 8.97. The van der Waals surface area contributed by atoms with Crippen LogP contribution in [0.25, 0.3) is 0 Å². The van der Waals surface area contributed by atoms with E-state index in [0.717, 1.165) is 64.1 Å². The number of nitrogens with one attached hydrogen (secondary N) is 2. The van der Waals surface area contributed by atoms with E-state index in [9.17, 15) is 0 Å². The smallest absolute Gasteiger partial charge is 0.191 e. The summed E-state index contributed by atoms with van der Waals surface area (Å²) in [6.07, 6.45) is 1.91. The first-order valence-electron chi connectivity index (χ1n) is 11.6. The molecule has 1 unspecified atom stereocenters. The van der Waals surface area contributed by atoms with Crippen LogP contribution in [-0.2, 0) is 24.4 Å². The zero-order chi connectivity index (χ0) is 22.8. The van der Waals surface area contributed by atoms with Crippen LogP contribution in [0.3, 0.4) is 0 Å². The Balaban J connectivity index is 0.00000385. The fourth-order valence-electron chi connectivity index (χ4n) is 4.10. The molecule has 0 aliphatic carbocycles. The number of hydrogen-bond acceptors (Lipinski definition) is 5. The predicted octanol–water partition coefficient (Wildman–Crippen LogP) is 3.55. The summed E-state index contributed by atoms with van der Waals surface area (Å²) in [6, 6.07) is 12.5. The van der Waals surface area contributed by atoms with Crippen molar-refractivity contribution in [3.05, 3.63) is 59.5 Å². The van der Waals surface area contributed by atoms with E-state index in [-0.39, 0.29) is 30.1 Å². The molecule has 1 aliphatic rings. The van der Waals surface area contributed by atoms with Crippen molar-refractivity contribution in [2.75, 3.05) is 46.9 Å². The number of guanidine groups is 1. The van der Waals surface area contributed by atoms with E-state index in [2.05, 4.69) is 70.6 Å². The van der Waals surface area contributed by atoms with Gasteiger partial charge in [0.05, 0.1) is 25.5 Å². The normalized spacial score (nSPS) is 17.3. The summed E-state index contributed by atoms with van der Waals surface area (Å²) in [5.74, 6) is 2.45. The van der Waals surface area contributed by atoms with Crippen LogP contribution in [0.15, 0.2) is 52.1 Å². The predicted molar refractivity (Wildman–Crippen MR) is 145 cm³/mol. The van der Waals surface area contributed by atoms with Gasteiger partial charge in [-0.2, -0.15) is 0 Å². The Bertz CT molecular complexity index is 828. The molecule has 3 rings (SSSR count). The van der Waals surface area contributed by atoms with E-state index in [4.69, 9.17) is 9.15 Å². The molecule has 0 spiro atoms. The van der Waals surface area contributed by atoms with Crippen molar-refractivity contribution in [3.8, 4) is 0 Å². The highest BCUT2D eigenvalue weighted by atomic mass is 127. The maximum Gasteiger partial charge on any atom is 0.191 e. The summed E-state index contributed by atoms with van der Waals surface area (Å²) in [5, 5.41) is 6.90. The van der Waals surface area contributed by atoms with E-state index in [1.54, 1.807) is 6.26 Å². The molecule has 0 amide bonds. The summed E-state index contributed by atoms with van der Waals surface area (Å²) in [7, 11) is 3.92. The van der Waals surface area contributed by atoms with Crippen LogP contribution in [0, 0.1) is 5.92 Å². The Kier molecular flexibility index (Phi) is 12.2. The molecule has 0 saturated carbocycles. The first-order chi connectivity index (χ1) is 15.5. The Morgan fingerprint density at radius 2 is 1.94 bits per heavy atom. The van der Waals surface area contributed by atoms with Crippen molar-refractivity contribution in [2.24, 2.45) is 10.9 Å². The maximum atomic E-state index is 5.95. The molecule has 1 atom stereocenters. The lowest BCUT2D eigenvalue weighted by molar-refractivity contribution is -0.0284. The molecule has 1 fully saturated rings. The Morgan fingerprint density at radius 3 is 2.64 bits per heavy atom. The van der Waals surface area contributed by atoms with Gasteiger partial charge in [0, 0.05) is 46.3 Å². The van der Waals surface area contributed by atoms with Gasteiger partial charge in [-0.05, 0) is 36.2 Å². The largest absolute Gasteiger partial charge is 0.468 e. The van der Waals surface area contributed by atoms with Gasteiger partial charge in [-0.15, -0.1) is 24.0 Å². The number of benzene rings is 1. The van der Waals surface area contributed by atoms with Gasteiger partial charge in [0.1, 0.15) is 5.76 Å². The molecule has 2 N–H and O–H groups in total. The van der Waals surface area contributed by atoms with Gasteiger partial charge in [0.2, 0.25) is 0 Å². The molecule has 0 radical (unpaired) electrons. The average Bonchev–Trinajstić information content (AvgIpc) is 3.27. The number of morpholine rings is 1. The minimum atomic E-state index is 0. The van der Waals surface area contributed by atoms with E-state index in [0.29, 0.717) is 5.92 Å². The summed E-state index contributed by atoms with van der Waals surface area (Å²) in [4.78, 5) is 9.15. The highest BCUT2D eigenvalue weighted by molar-refractivity contribution is 14.0. The molecule has 7 nitrogen and oxygen atoms in total. The van der Waals surface area contributed by atoms with Gasteiger partial charge in [-0.1, -0.05) is 38.1 Å². The van der Waals surface area contributed by atoms with Crippen molar-refractivity contribution in [2.45, 2.75) is 39.6 Å². The molecule has 1 aromatic carbocycles. The second-order valence-electron chi connectivity index (χ2n) is 8.97. The fourth-order valence-corrected chi connectivity index (χ4v) is 4.10. The third-order valence-electron chi connectivity index (χ3n) is 5.58. The van der Waals surface area contributed by atoms with Crippen LogP contribution >= 0.6 is 24.0 Å². The molecule has 8 heteroatoms. The topological polar surface area (TPSA) is 65.3 Å². The number of nitrogens with zero attached hydrogens (tertiary/aromatic N) is 3. The molecule has 0 bridgehead atoms. The van der Waals surface area contributed by atoms with Gasteiger partial charge in [0.15, 0.2) is 5.96 Å². The third kappa shape index (κ3) is 9.64. The number of halogens is 1. The second kappa shape index (κ2) is 14.6. The lowest BCUT2D eigenvalue weighted by Gasteiger charge is -2.34. The molecule has 1 aromatic heterocycles. The molecule has 2 heterocycles. The third-order valence-corrected chi connectivity index (χ3v) is 5.58. The van der Waals surface area contributed by atoms with Crippen LogP contribution in [0.5, 0.6) is 0 Å². The number of hydrogen-bond donors (Lipinski definition) is 2. The highest BCUT2D eigenvalue weighted by Gasteiger charge is 2.21. The van der Waals surface area contributed by atoms with Crippen LogP contribution in [0.4, 0.5) is 0 Å². The number of aliphatic imine (C=N–C) groups is 1. The zero-order valence-electron chi connectivity index (χ0n) is 20.4. The molecule has 33 heavy (non-hydrogen) atoms. The molecule has 1 saturated heterocycles. The first kappa shape index (κ1) is 27.6. The van der Waals surface area contributed by atoms with Gasteiger partial charge < -0.3 is 19.8 Å². The number of furan rings is 1. The van der Waals surface area contributed by atoms with Gasteiger partial charge in [-0.25, -0.2) is 0 Å². The monoisotopic (exact) mass is 569 g/mol. The average molecular weight is 570 g/mol. The van der Waals surface area contributed by atoms with Gasteiger partial charge in [-0.3, -0.25) is 14.8 Å². The van der Waals surface area contributed by atoms with E-state index in [1.165, 1.54) is 11.1 Å². The standard InChI is InChI=1S/C25H39N5O2.HI/c1-20(2)16-30-11-13-32-24(19-30)15-28-25(26-3)27-14-21-8-5-6-9-22(21)17-29(4)18-23-10-7-12-31-23;/h5-10,12,20,24H,11,13-19H2,1-4H3,(H2,26,27,28);1H. The molecule has 184 valence electrons. The Labute approximate surface area is 216 Å². The van der Waals surface area contributed by atoms with E-state index >= 15 is 0 Å². The van der Waals surface area contributed by atoms with Crippen LogP contribution in [-0.4, -0.2) is 68.7 Å². The van der Waals surface area contributed by atoms with Gasteiger partial charge in [0.25, 0.3) is 0 Å². The SMILES string of the molecule is CN=C(NCc1ccccc1CN(C)Cc1ccco1)NCC1CN(CC(C)C)CCO1.I. The fraction of sp³-hybridized carbons (Fsp3) is 0.560. The van der Waals surface area contributed by atoms with Crippen molar-refractivity contribution >= 4 is 29.9 Å². The zero-order valence-corrected chi connectivity index (χ0v) is 22.7. The number of ether oxygens (including phenoxy) is 1. The summed E-state index contributed by atoms with van der Waals surface area (Å²) >= 11 is 0. The quantitative estimate of drug-likeness (QED) is 0.259.